The van der Waals surface area contributed by atoms with E-state index in [1.807, 2.05) is 4.90 Å². The van der Waals surface area contributed by atoms with Crippen molar-refractivity contribution >= 4 is 5.91 Å². The van der Waals surface area contributed by atoms with Gasteiger partial charge in [0.15, 0.2) is 0 Å². The van der Waals surface area contributed by atoms with Gasteiger partial charge in [-0.15, -0.1) is 0 Å². The molecule has 0 spiro atoms. The Hall–Kier alpha value is -2.18. The SMILES string of the molecule is Cc1oncc1C(=O)N1C2CCC1CC(n1nccn1)C2. The maximum absolute atomic E-state index is 12.7. The van der Waals surface area contributed by atoms with Crippen LogP contribution in [0.1, 0.15) is 47.8 Å². The fourth-order valence-electron chi connectivity index (χ4n) is 3.73. The predicted octanol–water partition coefficient (Wildman–Crippen LogP) is 1.58. The first-order valence-electron chi connectivity index (χ1n) is 7.34. The van der Waals surface area contributed by atoms with E-state index in [2.05, 4.69) is 15.4 Å². The number of piperidine rings is 1. The molecule has 110 valence electrons. The van der Waals surface area contributed by atoms with Crippen molar-refractivity contribution < 1.29 is 9.32 Å². The molecule has 2 aromatic rings. The number of carbonyl (C=O) groups excluding carboxylic acids is 1. The summed E-state index contributed by atoms with van der Waals surface area (Å²) in [5, 5.41) is 12.2. The van der Waals surface area contributed by atoms with Crippen LogP contribution in [-0.4, -0.2) is 43.0 Å². The molecule has 2 unspecified atom stereocenters. The number of nitrogens with zero attached hydrogens (tertiary/aromatic N) is 5. The first kappa shape index (κ1) is 12.6. The Balaban J connectivity index is 1.57. The molecule has 7 heteroatoms. The van der Waals surface area contributed by atoms with Gasteiger partial charge in [0.25, 0.3) is 5.91 Å². The summed E-state index contributed by atoms with van der Waals surface area (Å²) in [5.74, 6) is 0.642. The molecule has 2 atom stereocenters. The molecule has 0 aliphatic carbocycles. The van der Waals surface area contributed by atoms with Crippen LogP contribution in [0.5, 0.6) is 0 Å². The zero-order valence-electron chi connectivity index (χ0n) is 11.8. The standard InChI is InChI=1S/C14H17N5O2/c1-9-13(8-17-21-9)14(20)18-10-2-3-11(18)7-12(6-10)19-15-4-5-16-19/h4-5,8,10-12H,2-3,6-7H2,1H3. The first-order valence-corrected chi connectivity index (χ1v) is 7.34. The fraction of sp³-hybridized carbons (Fsp3) is 0.571. The van der Waals surface area contributed by atoms with Crippen LogP contribution in [0.25, 0.3) is 0 Å². The molecule has 2 saturated heterocycles. The number of carbonyl (C=O) groups is 1. The van der Waals surface area contributed by atoms with Crippen molar-refractivity contribution in [1.82, 2.24) is 25.1 Å². The van der Waals surface area contributed by atoms with Gasteiger partial charge in [-0.1, -0.05) is 5.16 Å². The average Bonchev–Trinajstić information content (AvgIpc) is 3.19. The van der Waals surface area contributed by atoms with Crippen molar-refractivity contribution in [2.24, 2.45) is 0 Å². The Morgan fingerprint density at radius 1 is 1.19 bits per heavy atom. The van der Waals surface area contributed by atoms with Gasteiger partial charge < -0.3 is 9.42 Å². The largest absolute Gasteiger partial charge is 0.361 e. The number of aromatic nitrogens is 4. The zero-order valence-corrected chi connectivity index (χ0v) is 11.8. The van der Waals surface area contributed by atoms with Crippen LogP contribution in [0.2, 0.25) is 0 Å². The maximum atomic E-state index is 12.7. The second kappa shape index (κ2) is 4.68. The van der Waals surface area contributed by atoms with E-state index in [-0.39, 0.29) is 18.0 Å². The third-order valence-electron chi connectivity index (χ3n) is 4.69. The second-order valence-corrected chi connectivity index (χ2v) is 5.87. The van der Waals surface area contributed by atoms with Gasteiger partial charge in [-0.3, -0.25) is 4.79 Å². The zero-order chi connectivity index (χ0) is 14.4. The summed E-state index contributed by atoms with van der Waals surface area (Å²) in [5.41, 5.74) is 0.586. The van der Waals surface area contributed by atoms with Crippen LogP contribution in [0.4, 0.5) is 0 Å². The van der Waals surface area contributed by atoms with Gasteiger partial charge in [-0.25, -0.2) is 0 Å². The highest BCUT2D eigenvalue weighted by Gasteiger charge is 2.45. The van der Waals surface area contributed by atoms with Gasteiger partial charge in [0.1, 0.15) is 11.3 Å². The molecule has 2 aliphatic heterocycles. The van der Waals surface area contributed by atoms with Gasteiger partial charge in [-0.05, 0) is 32.6 Å². The average molecular weight is 287 g/mol. The Morgan fingerprint density at radius 2 is 1.86 bits per heavy atom. The first-order chi connectivity index (χ1) is 10.2. The van der Waals surface area contributed by atoms with Crippen LogP contribution in [0, 0.1) is 6.92 Å². The van der Waals surface area contributed by atoms with Crippen LogP contribution >= 0.6 is 0 Å². The van der Waals surface area contributed by atoms with Crippen LogP contribution in [-0.2, 0) is 0 Å². The highest BCUT2D eigenvalue weighted by Crippen LogP contribution is 2.41. The molecule has 4 rings (SSSR count). The minimum absolute atomic E-state index is 0.0492. The number of hydrogen-bond acceptors (Lipinski definition) is 5. The maximum Gasteiger partial charge on any atom is 0.259 e. The van der Waals surface area contributed by atoms with E-state index in [1.54, 1.807) is 24.1 Å². The Kier molecular flexibility index (Phi) is 2.80. The minimum atomic E-state index is 0.0492. The molecular formula is C14H17N5O2. The normalized spacial score (nSPS) is 28.0. The number of rotatable bonds is 2. The number of amides is 1. The van der Waals surface area contributed by atoms with E-state index in [4.69, 9.17) is 4.52 Å². The van der Waals surface area contributed by atoms with E-state index >= 15 is 0 Å². The summed E-state index contributed by atoms with van der Waals surface area (Å²) >= 11 is 0. The summed E-state index contributed by atoms with van der Waals surface area (Å²) in [4.78, 5) is 16.5. The number of aryl methyl sites for hydroxylation is 1. The van der Waals surface area contributed by atoms with E-state index in [0.29, 0.717) is 17.4 Å². The molecule has 7 nitrogen and oxygen atoms in total. The summed E-state index contributed by atoms with van der Waals surface area (Å²) in [7, 11) is 0. The fourth-order valence-corrected chi connectivity index (χ4v) is 3.73. The van der Waals surface area contributed by atoms with Crippen molar-refractivity contribution in [3.05, 3.63) is 29.9 Å². The molecule has 21 heavy (non-hydrogen) atoms. The van der Waals surface area contributed by atoms with Crippen molar-refractivity contribution in [2.75, 3.05) is 0 Å². The smallest absolute Gasteiger partial charge is 0.259 e. The molecular weight excluding hydrogens is 270 g/mol. The lowest BCUT2D eigenvalue weighted by atomic mass is 9.97. The van der Waals surface area contributed by atoms with E-state index < -0.39 is 0 Å². The van der Waals surface area contributed by atoms with Crippen LogP contribution in [0.15, 0.2) is 23.1 Å². The summed E-state index contributed by atoms with van der Waals surface area (Å²) in [6, 6.07) is 0.827. The molecule has 4 heterocycles. The Morgan fingerprint density at radius 3 is 2.43 bits per heavy atom. The quantitative estimate of drug-likeness (QED) is 0.838. The number of fused-ring (bicyclic) bond motifs is 2. The van der Waals surface area contributed by atoms with E-state index in [1.165, 1.54) is 6.20 Å². The molecule has 2 bridgehead atoms. The Labute approximate surface area is 121 Å². The van der Waals surface area contributed by atoms with Gasteiger partial charge in [-0.2, -0.15) is 15.0 Å². The van der Waals surface area contributed by atoms with Gasteiger partial charge in [0.2, 0.25) is 0 Å². The molecule has 2 aromatic heterocycles. The number of hydrogen-bond donors (Lipinski definition) is 0. The van der Waals surface area contributed by atoms with E-state index in [9.17, 15) is 4.79 Å². The topological polar surface area (TPSA) is 77.0 Å². The molecule has 1 amide bonds. The summed E-state index contributed by atoms with van der Waals surface area (Å²) in [6.07, 6.45) is 8.89. The van der Waals surface area contributed by atoms with Crippen molar-refractivity contribution in [2.45, 2.75) is 50.7 Å². The molecule has 0 aromatic carbocycles. The lowest BCUT2D eigenvalue weighted by Crippen LogP contribution is -2.47. The molecule has 0 N–H and O–H groups in total. The summed E-state index contributed by atoms with van der Waals surface area (Å²) in [6.45, 7) is 1.78. The highest BCUT2D eigenvalue weighted by molar-refractivity contribution is 5.95. The monoisotopic (exact) mass is 287 g/mol. The van der Waals surface area contributed by atoms with Gasteiger partial charge in [0.05, 0.1) is 24.6 Å². The van der Waals surface area contributed by atoms with Crippen molar-refractivity contribution in [1.29, 1.82) is 0 Å². The van der Waals surface area contributed by atoms with E-state index in [0.717, 1.165) is 25.7 Å². The third-order valence-corrected chi connectivity index (χ3v) is 4.69. The minimum Gasteiger partial charge on any atom is -0.361 e. The molecule has 2 aliphatic rings. The van der Waals surface area contributed by atoms with Crippen molar-refractivity contribution in [3.63, 3.8) is 0 Å². The second-order valence-electron chi connectivity index (χ2n) is 5.87. The predicted molar refractivity (Wildman–Crippen MR) is 72.5 cm³/mol. The van der Waals surface area contributed by atoms with Gasteiger partial charge >= 0.3 is 0 Å². The lowest BCUT2D eigenvalue weighted by molar-refractivity contribution is 0.0510. The van der Waals surface area contributed by atoms with Crippen LogP contribution < -0.4 is 0 Å². The van der Waals surface area contributed by atoms with Crippen LogP contribution in [0.3, 0.4) is 0 Å². The Bertz CT molecular complexity index is 636. The summed E-state index contributed by atoms with van der Waals surface area (Å²) < 4.78 is 5.03. The molecule has 0 radical (unpaired) electrons. The molecule has 2 fully saturated rings. The van der Waals surface area contributed by atoms with Crippen molar-refractivity contribution in [3.8, 4) is 0 Å². The molecule has 0 saturated carbocycles. The third kappa shape index (κ3) is 1.95. The highest BCUT2D eigenvalue weighted by atomic mass is 16.5. The lowest BCUT2D eigenvalue weighted by Gasteiger charge is -2.38. The van der Waals surface area contributed by atoms with Gasteiger partial charge in [0, 0.05) is 12.1 Å².